The molecule has 0 spiro atoms. The lowest BCUT2D eigenvalue weighted by molar-refractivity contribution is 0.0997. The highest BCUT2D eigenvalue weighted by atomic mass is 35.5. The zero-order valence-electron chi connectivity index (χ0n) is 18.3. The molecule has 5 N–H and O–H groups in total. The fourth-order valence-corrected chi connectivity index (χ4v) is 4.35. The molecule has 0 amide bonds. The highest BCUT2D eigenvalue weighted by molar-refractivity contribution is 7.92. The number of hydrogen-bond donors (Lipinski definition) is 5. The number of benzene rings is 3. The van der Waals surface area contributed by atoms with E-state index >= 15 is 0 Å². The second-order valence-electron chi connectivity index (χ2n) is 7.68. The van der Waals surface area contributed by atoms with Crippen molar-refractivity contribution in [1.29, 1.82) is 0 Å². The van der Waals surface area contributed by atoms with Crippen LogP contribution in [0.3, 0.4) is 0 Å². The minimum Gasteiger partial charge on any atom is -0.506 e. The molecule has 0 aliphatic heterocycles. The summed E-state index contributed by atoms with van der Waals surface area (Å²) in [7, 11) is -3.95. The van der Waals surface area contributed by atoms with Crippen LogP contribution < -0.4 is 14.8 Å². The van der Waals surface area contributed by atoms with Gasteiger partial charge in [-0.1, -0.05) is 41.9 Å². The van der Waals surface area contributed by atoms with Crippen LogP contribution in [0, 0.1) is 0 Å². The Hall–Kier alpha value is -2.82. The zero-order chi connectivity index (χ0) is 24.6. The lowest BCUT2D eigenvalue weighted by Crippen LogP contribution is -2.41. The zero-order valence-corrected chi connectivity index (χ0v) is 19.8. The summed E-state index contributed by atoms with van der Waals surface area (Å²) >= 11 is 5.80. The predicted octanol–water partition coefficient (Wildman–Crippen LogP) is 2.78. The molecule has 3 aromatic rings. The minimum absolute atomic E-state index is 0.0157. The molecule has 3 aromatic carbocycles. The summed E-state index contributed by atoms with van der Waals surface area (Å²) in [6, 6.07) is 19.2. The molecule has 3 rings (SSSR count). The first-order valence-electron chi connectivity index (χ1n) is 10.6. The van der Waals surface area contributed by atoms with Crippen LogP contribution in [0.4, 0.5) is 5.69 Å². The van der Waals surface area contributed by atoms with E-state index in [2.05, 4.69) is 10.0 Å². The van der Waals surface area contributed by atoms with Crippen LogP contribution in [-0.2, 0) is 16.4 Å². The molecule has 0 bridgehead atoms. The Labute approximate surface area is 203 Å². The molecule has 0 aliphatic rings. The number of hydrogen-bond acceptors (Lipinski definition) is 7. The number of aliphatic hydroxyl groups is 2. The van der Waals surface area contributed by atoms with E-state index in [1.165, 1.54) is 42.5 Å². The topological polar surface area (TPSA) is 128 Å². The number of phenols is 1. The van der Waals surface area contributed by atoms with Crippen LogP contribution in [0.2, 0.25) is 5.02 Å². The van der Waals surface area contributed by atoms with Gasteiger partial charge in [-0.3, -0.25) is 4.72 Å². The van der Waals surface area contributed by atoms with Gasteiger partial charge in [-0.15, -0.1) is 0 Å². The largest absolute Gasteiger partial charge is 0.506 e. The number of phenolic OH excluding ortho intramolecular Hbond substituents is 1. The highest BCUT2D eigenvalue weighted by Gasteiger charge is 2.17. The molecular formula is C24H27ClN2O6S. The lowest BCUT2D eigenvalue weighted by atomic mass is 10.1. The summed E-state index contributed by atoms with van der Waals surface area (Å²) in [4.78, 5) is -0.0157. The molecule has 0 heterocycles. The SMILES string of the molecule is O=S(=O)(Nc1cc(OC[C@@H](O)CN[C@H](CO)Cc2ccccc2)ccc1O)c1ccc(Cl)cc1. The summed E-state index contributed by atoms with van der Waals surface area (Å²) < 4.78 is 33.0. The van der Waals surface area contributed by atoms with E-state index in [1.807, 2.05) is 30.3 Å². The fourth-order valence-electron chi connectivity index (χ4n) is 3.16. The van der Waals surface area contributed by atoms with Crippen molar-refractivity contribution >= 4 is 27.3 Å². The Morgan fingerprint density at radius 2 is 1.71 bits per heavy atom. The van der Waals surface area contributed by atoms with Crippen LogP contribution in [0.15, 0.2) is 77.7 Å². The van der Waals surface area contributed by atoms with E-state index in [0.29, 0.717) is 11.4 Å². The number of aliphatic hydroxyl groups excluding tert-OH is 2. The standard InChI is InChI=1S/C24H27ClN2O6S/c25-18-6-9-22(10-7-18)34(31,32)27-23-13-21(8-11-24(23)30)33-16-20(29)14-26-19(15-28)12-17-4-2-1-3-5-17/h1-11,13,19-20,26-30H,12,14-16H2/t19-,20-/m0/s1. The van der Waals surface area contributed by atoms with Crippen molar-refractivity contribution in [3.63, 3.8) is 0 Å². The molecule has 0 aromatic heterocycles. The van der Waals surface area contributed by atoms with Crippen molar-refractivity contribution in [3.8, 4) is 11.5 Å². The molecule has 182 valence electrons. The van der Waals surface area contributed by atoms with Gasteiger partial charge < -0.3 is 25.4 Å². The van der Waals surface area contributed by atoms with Crippen molar-refractivity contribution in [2.75, 3.05) is 24.5 Å². The second kappa shape index (κ2) is 12.0. The first-order chi connectivity index (χ1) is 16.3. The van der Waals surface area contributed by atoms with Gasteiger partial charge in [-0.05, 0) is 48.4 Å². The maximum absolute atomic E-state index is 12.6. The molecule has 2 atom stereocenters. The molecular weight excluding hydrogens is 480 g/mol. The molecule has 34 heavy (non-hydrogen) atoms. The third-order valence-electron chi connectivity index (χ3n) is 4.97. The Morgan fingerprint density at radius 3 is 2.38 bits per heavy atom. The van der Waals surface area contributed by atoms with Gasteiger partial charge in [0.15, 0.2) is 0 Å². The normalized spacial score (nSPS) is 13.3. The Balaban J connectivity index is 1.54. The van der Waals surface area contributed by atoms with Gasteiger partial charge in [0.25, 0.3) is 10.0 Å². The average Bonchev–Trinajstić information content (AvgIpc) is 2.83. The van der Waals surface area contributed by atoms with Crippen molar-refractivity contribution < 1.29 is 28.5 Å². The third kappa shape index (κ3) is 7.61. The summed E-state index contributed by atoms with van der Waals surface area (Å²) in [5, 5.41) is 33.4. The molecule has 10 heteroatoms. The maximum Gasteiger partial charge on any atom is 0.262 e. The molecule has 0 fully saturated rings. The molecule has 0 unspecified atom stereocenters. The van der Waals surface area contributed by atoms with Gasteiger partial charge in [-0.2, -0.15) is 0 Å². The number of rotatable bonds is 12. The Morgan fingerprint density at radius 1 is 1.00 bits per heavy atom. The fraction of sp³-hybridized carbons (Fsp3) is 0.250. The van der Waals surface area contributed by atoms with Gasteiger partial charge in [-0.25, -0.2) is 8.42 Å². The van der Waals surface area contributed by atoms with Gasteiger partial charge in [0.1, 0.15) is 24.2 Å². The van der Waals surface area contributed by atoms with Crippen molar-refractivity contribution in [2.45, 2.75) is 23.5 Å². The first-order valence-corrected chi connectivity index (χ1v) is 12.4. The molecule has 8 nitrogen and oxygen atoms in total. The van der Waals surface area contributed by atoms with E-state index in [1.54, 1.807) is 0 Å². The van der Waals surface area contributed by atoms with Crippen molar-refractivity contribution in [3.05, 3.63) is 83.4 Å². The number of nitrogens with one attached hydrogen (secondary N) is 2. The predicted molar refractivity (Wildman–Crippen MR) is 131 cm³/mol. The van der Waals surface area contributed by atoms with Gasteiger partial charge in [0, 0.05) is 23.7 Å². The Kier molecular flexibility index (Phi) is 9.14. The number of halogens is 1. The number of anilines is 1. The summed E-state index contributed by atoms with van der Waals surface area (Å²) in [6.07, 6.45) is -0.271. The molecule has 0 radical (unpaired) electrons. The number of ether oxygens (including phenoxy) is 1. The van der Waals surface area contributed by atoms with Gasteiger partial charge in [0.2, 0.25) is 0 Å². The van der Waals surface area contributed by atoms with E-state index < -0.39 is 16.1 Å². The van der Waals surface area contributed by atoms with Crippen LogP contribution in [-0.4, -0.2) is 55.6 Å². The van der Waals surface area contributed by atoms with Gasteiger partial charge >= 0.3 is 0 Å². The van der Waals surface area contributed by atoms with E-state index in [-0.39, 0.29) is 47.9 Å². The van der Waals surface area contributed by atoms with E-state index in [0.717, 1.165) is 5.56 Å². The first kappa shape index (κ1) is 25.8. The maximum atomic E-state index is 12.6. The van der Waals surface area contributed by atoms with Crippen molar-refractivity contribution in [1.82, 2.24) is 5.32 Å². The lowest BCUT2D eigenvalue weighted by Gasteiger charge is -2.19. The monoisotopic (exact) mass is 506 g/mol. The molecule has 0 saturated carbocycles. The molecule has 0 aliphatic carbocycles. The average molecular weight is 507 g/mol. The van der Waals surface area contributed by atoms with Crippen LogP contribution in [0.5, 0.6) is 11.5 Å². The second-order valence-corrected chi connectivity index (χ2v) is 9.80. The quantitative estimate of drug-likeness (QED) is 0.239. The van der Waals surface area contributed by atoms with Gasteiger partial charge in [0.05, 0.1) is 17.2 Å². The summed E-state index contributed by atoms with van der Waals surface area (Å²) in [5.41, 5.74) is 1.00. The number of sulfonamides is 1. The van der Waals surface area contributed by atoms with Crippen LogP contribution in [0.25, 0.3) is 0 Å². The van der Waals surface area contributed by atoms with Crippen LogP contribution in [0.1, 0.15) is 5.56 Å². The molecule has 0 saturated heterocycles. The van der Waals surface area contributed by atoms with E-state index in [9.17, 15) is 23.7 Å². The van der Waals surface area contributed by atoms with Crippen LogP contribution >= 0.6 is 11.6 Å². The van der Waals surface area contributed by atoms with Crippen molar-refractivity contribution in [2.24, 2.45) is 0 Å². The summed E-state index contributed by atoms with van der Waals surface area (Å²) in [5.74, 6) is -0.0209. The van der Waals surface area contributed by atoms with E-state index in [4.69, 9.17) is 16.3 Å². The third-order valence-corrected chi connectivity index (χ3v) is 6.60. The minimum atomic E-state index is -3.95. The summed E-state index contributed by atoms with van der Waals surface area (Å²) in [6.45, 7) is 0.0222. The Bertz CT molecular complexity index is 1160. The number of aromatic hydroxyl groups is 1. The smallest absolute Gasteiger partial charge is 0.262 e. The highest BCUT2D eigenvalue weighted by Crippen LogP contribution is 2.30.